The van der Waals surface area contributed by atoms with Crippen LogP contribution in [0, 0.1) is 0 Å². The van der Waals surface area contributed by atoms with Crippen LogP contribution in [0.1, 0.15) is 11.1 Å². The molecule has 1 aromatic carbocycles. The third kappa shape index (κ3) is 4.76. The average molecular weight is 319 g/mol. The fourth-order valence-electron chi connectivity index (χ4n) is 1.91. The number of benzene rings is 1. The monoisotopic (exact) mass is 318 g/mol. The van der Waals surface area contributed by atoms with Crippen LogP contribution in [0.5, 0.6) is 11.5 Å². The molecule has 0 saturated heterocycles. The van der Waals surface area contributed by atoms with Crippen LogP contribution >= 0.6 is 11.6 Å². The Kier molecular flexibility index (Phi) is 6.25. The Bertz CT molecular complexity index is 615. The number of halogens is 1. The zero-order valence-corrected chi connectivity index (χ0v) is 13.3. The Labute approximate surface area is 135 Å². The zero-order chi connectivity index (χ0) is 15.8. The van der Waals surface area contributed by atoms with Gasteiger partial charge in [-0.15, -0.1) is 6.58 Å². The summed E-state index contributed by atoms with van der Waals surface area (Å²) in [6, 6.07) is 9.51. The summed E-state index contributed by atoms with van der Waals surface area (Å²) in [5.74, 6) is 1.41. The van der Waals surface area contributed by atoms with Crippen molar-refractivity contribution in [2.75, 3.05) is 13.7 Å². The van der Waals surface area contributed by atoms with Crippen molar-refractivity contribution in [3.05, 3.63) is 65.5 Å². The van der Waals surface area contributed by atoms with E-state index in [1.165, 1.54) is 0 Å². The maximum Gasteiger partial charge on any atom is 0.161 e. The molecule has 0 bridgehead atoms. The number of aromatic nitrogens is 1. The van der Waals surface area contributed by atoms with E-state index >= 15 is 0 Å². The molecule has 22 heavy (non-hydrogen) atoms. The van der Waals surface area contributed by atoms with Crippen molar-refractivity contribution >= 4 is 11.6 Å². The molecule has 0 aliphatic rings. The minimum absolute atomic E-state index is 0.411. The van der Waals surface area contributed by atoms with Gasteiger partial charge in [-0.25, -0.2) is 4.98 Å². The molecule has 0 aliphatic carbocycles. The van der Waals surface area contributed by atoms with Gasteiger partial charge in [0.05, 0.1) is 7.11 Å². The lowest BCUT2D eigenvalue weighted by Gasteiger charge is -2.12. The minimum atomic E-state index is 0.411. The van der Waals surface area contributed by atoms with Crippen molar-refractivity contribution in [3.8, 4) is 11.5 Å². The standard InChI is InChI=1S/C17H19ClN2O2/c1-3-8-19-10-13-4-6-15(16(9-13)21-2)22-12-14-5-7-17(18)20-11-14/h3-7,9,11,19H,1,8,10,12H2,2H3. The number of hydrogen-bond donors (Lipinski definition) is 1. The highest BCUT2D eigenvalue weighted by Gasteiger charge is 2.06. The van der Waals surface area contributed by atoms with Crippen LogP contribution in [-0.4, -0.2) is 18.6 Å². The Balaban J connectivity index is 2.00. The van der Waals surface area contributed by atoms with E-state index in [0.717, 1.165) is 24.2 Å². The van der Waals surface area contributed by atoms with Crippen molar-refractivity contribution in [1.82, 2.24) is 10.3 Å². The van der Waals surface area contributed by atoms with E-state index in [1.807, 2.05) is 30.3 Å². The van der Waals surface area contributed by atoms with E-state index in [-0.39, 0.29) is 0 Å². The predicted octanol–water partition coefficient (Wildman–Crippen LogP) is 3.60. The fourth-order valence-corrected chi connectivity index (χ4v) is 2.02. The lowest BCUT2D eigenvalue weighted by molar-refractivity contribution is 0.284. The molecule has 116 valence electrons. The van der Waals surface area contributed by atoms with Gasteiger partial charge in [0.25, 0.3) is 0 Å². The average Bonchev–Trinajstić information content (AvgIpc) is 2.55. The lowest BCUT2D eigenvalue weighted by atomic mass is 10.2. The number of hydrogen-bond acceptors (Lipinski definition) is 4. The Morgan fingerprint density at radius 2 is 2.05 bits per heavy atom. The smallest absolute Gasteiger partial charge is 0.161 e. The first-order valence-electron chi connectivity index (χ1n) is 6.94. The van der Waals surface area contributed by atoms with E-state index < -0.39 is 0 Å². The predicted molar refractivity (Wildman–Crippen MR) is 88.5 cm³/mol. The second-order valence-corrected chi connectivity index (χ2v) is 5.07. The van der Waals surface area contributed by atoms with Crippen LogP contribution in [0.4, 0.5) is 0 Å². The van der Waals surface area contributed by atoms with E-state index in [0.29, 0.717) is 23.3 Å². The van der Waals surface area contributed by atoms with Crippen molar-refractivity contribution in [2.45, 2.75) is 13.2 Å². The Morgan fingerprint density at radius 1 is 1.23 bits per heavy atom. The first kappa shape index (κ1) is 16.3. The highest BCUT2D eigenvalue weighted by Crippen LogP contribution is 2.28. The van der Waals surface area contributed by atoms with Gasteiger partial charge in [-0.1, -0.05) is 29.8 Å². The Hall–Kier alpha value is -2.04. The maximum atomic E-state index is 5.79. The summed E-state index contributed by atoms with van der Waals surface area (Å²) in [6.45, 7) is 5.61. The third-order valence-electron chi connectivity index (χ3n) is 3.03. The number of nitrogens with zero attached hydrogens (tertiary/aromatic N) is 1. The van der Waals surface area contributed by atoms with Crippen molar-refractivity contribution in [3.63, 3.8) is 0 Å². The molecule has 0 aliphatic heterocycles. The Morgan fingerprint density at radius 3 is 2.73 bits per heavy atom. The van der Waals surface area contributed by atoms with Gasteiger partial charge in [0.15, 0.2) is 11.5 Å². The summed E-state index contributed by atoms with van der Waals surface area (Å²) in [5, 5.41) is 3.72. The summed E-state index contributed by atoms with van der Waals surface area (Å²) in [6.07, 6.45) is 3.53. The summed E-state index contributed by atoms with van der Waals surface area (Å²) in [5.41, 5.74) is 2.07. The number of ether oxygens (including phenoxy) is 2. The van der Waals surface area contributed by atoms with Crippen LogP contribution in [0.15, 0.2) is 49.2 Å². The molecule has 0 fully saturated rings. The normalized spacial score (nSPS) is 10.3. The molecule has 0 atom stereocenters. The summed E-state index contributed by atoms with van der Waals surface area (Å²) in [7, 11) is 1.63. The summed E-state index contributed by atoms with van der Waals surface area (Å²) in [4.78, 5) is 4.03. The van der Waals surface area contributed by atoms with Crippen LogP contribution in [0.3, 0.4) is 0 Å². The van der Waals surface area contributed by atoms with E-state index in [9.17, 15) is 0 Å². The molecule has 1 N–H and O–H groups in total. The van der Waals surface area contributed by atoms with Gasteiger partial charge in [0.2, 0.25) is 0 Å². The molecular formula is C17H19ClN2O2. The lowest BCUT2D eigenvalue weighted by Crippen LogP contribution is -2.12. The molecule has 0 saturated carbocycles. The van der Waals surface area contributed by atoms with Crippen LogP contribution < -0.4 is 14.8 Å². The summed E-state index contributed by atoms with van der Waals surface area (Å²) < 4.78 is 11.2. The molecule has 0 radical (unpaired) electrons. The second-order valence-electron chi connectivity index (χ2n) is 4.68. The quantitative estimate of drug-likeness (QED) is 0.459. The number of methoxy groups -OCH3 is 1. The maximum absolute atomic E-state index is 5.79. The van der Waals surface area contributed by atoms with Crippen LogP contribution in [-0.2, 0) is 13.2 Å². The number of nitrogens with one attached hydrogen (secondary N) is 1. The van der Waals surface area contributed by atoms with Gasteiger partial charge in [-0.3, -0.25) is 0 Å². The molecule has 5 heteroatoms. The number of rotatable bonds is 8. The molecule has 1 aromatic heterocycles. The fraction of sp³-hybridized carbons (Fsp3) is 0.235. The molecule has 0 unspecified atom stereocenters. The van der Waals surface area contributed by atoms with Gasteiger partial charge in [0, 0.05) is 24.8 Å². The first-order valence-corrected chi connectivity index (χ1v) is 7.32. The third-order valence-corrected chi connectivity index (χ3v) is 3.25. The molecular weight excluding hydrogens is 300 g/mol. The zero-order valence-electron chi connectivity index (χ0n) is 12.5. The van der Waals surface area contributed by atoms with Crippen LogP contribution in [0.2, 0.25) is 5.15 Å². The highest BCUT2D eigenvalue weighted by atomic mass is 35.5. The first-order chi connectivity index (χ1) is 10.7. The molecule has 0 spiro atoms. The van der Waals surface area contributed by atoms with Crippen molar-refractivity contribution < 1.29 is 9.47 Å². The topological polar surface area (TPSA) is 43.4 Å². The molecule has 2 aromatic rings. The largest absolute Gasteiger partial charge is 0.493 e. The van der Waals surface area contributed by atoms with Crippen molar-refractivity contribution in [2.24, 2.45) is 0 Å². The van der Waals surface area contributed by atoms with Gasteiger partial charge >= 0.3 is 0 Å². The molecule has 0 amide bonds. The number of pyridine rings is 1. The minimum Gasteiger partial charge on any atom is -0.493 e. The highest BCUT2D eigenvalue weighted by molar-refractivity contribution is 6.29. The summed E-state index contributed by atoms with van der Waals surface area (Å²) >= 11 is 5.76. The van der Waals surface area contributed by atoms with Gasteiger partial charge < -0.3 is 14.8 Å². The molecule has 2 rings (SSSR count). The van der Waals surface area contributed by atoms with Gasteiger partial charge in [0.1, 0.15) is 11.8 Å². The van der Waals surface area contributed by atoms with Crippen molar-refractivity contribution in [1.29, 1.82) is 0 Å². The van der Waals surface area contributed by atoms with Gasteiger partial charge in [-0.05, 0) is 23.8 Å². The SMILES string of the molecule is C=CCNCc1ccc(OCc2ccc(Cl)nc2)c(OC)c1. The molecule has 1 heterocycles. The van der Waals surface area contributed by atoms with E-state index in [2.05, 4.69) is 16.9 Å². The molecule has 4 nitrogen and oxygen atoms in total. The second kappa shape index (κ2) is 8.41. The van der Waals surface area contributed by atoms with Crippen LogP contribution in [0.25, 0.3) is 0 Å². The van der Waals surface area contributed by atoms with E-state index in [4.69, 9.17) is 21.1 Å². The van der Waals surface area contributed by atoms with Gasteiger partial charge in [-0.2, -0.15) is 0 Å². The van der Waals surface area contributed by atoms with E-state index in [1.54, 1.807) is 19.4 Å².